The molecular weight excluding hydrogens is 438 g/mol. The van der Waals surface area contributed by atoms with E-state index in [1.54, 1.807) is 18.5 Å². The average Bonchev–Trinajstić information content (AvgIpc) is 3.45. The number of hydrogen-bond acceptors (Lipinski definition) is 6. The monoisotopic (exact) mass is 463 g/mol. The van der Waals surface area contributed by atoms with Gasteiger partial charge in [-0.15, -0.1) is 17.8 Å². The summed E-state index contributed by atoms with van der Waals surface area (Å²) in [4.78, 5) is 30.2. The molecule has 3 aromatic heterocycles. The third-order valence-corrected chi connectivity index (χ3v) is 6.73. The molecule has 1 aliphatic carbocycles. The Bertz CT molecular complexity index is 1150. The first-order valence-corrected chi connectivity index (χ1v) is 11.6. The predicted molar refractivity (Wildman–Crippen MR) is 126 cm³/mol. The summed E-state index contributed by atoms with van der Waals surface area (Å²) in [5.41, 5.74) is 3.47. The fraction of sp³-hybridized carbons (Fsp3) is 0.333. The number of alkyl carbamates (subject to hydrolysis) is 1. The number of carbonyl (C=O) groups is 2. The number of hydrogen-bond donors (Lipinski definition) is 3. The molecule has 3 aromatic rings. The molecule has 3 N–H and O–H groups in total. The Morgan fingerprint density at radius 1 is 1.36 bits per heavy atom. The van der Waals surface area contributed by atoms with Crippen LogP contribution in [0.5, 0.6) is 0 Å². The summed E-state index contributed by atoms with van der Waals surface area (Å²) >= 11 is 1.46. The third-order valence-electron chi connectivity index (χ3n) is 5.56. The minimum atomic E-state index is -0.469. The number of aromatic nitrogens is 3. The van der Waals surface area contributed by atoms with E-state index in [4.69, 9.17) is 11.2 Å². The zero-order valence-electron chi connectivity index (χ0n) is 18.3. The van der Waals surface area contributed by atoms with Crippen molar-refractivity contribution < 1.29 is 14.3 Å². The van der Waals surface area contributed by atoms with E-state index in [0.717, 1.165) is 27.4 Å². The number of terminal acetylenes is 1. The van der Waals surface area contributed by atoms with Crippen LogP contribution in [-0.2, 0) is 28.9 Å². The fourth-order valence-electron chi connectivity index (χ4n) is 3.87. The van der Waals surface area contributed by atoms with Crippen molar-refractivity contribution in [3.05, 3.63) is 64.1 Å². The minimum Gasteiger partial charge on any atom is -0.446 e. The quantitative estimate of drug-likeness (QED) is 0.462. The van der Waals surface area contributed by atoms with Crippen molar-refractivity contribution in [3.63, 3.8) is 0 Å². The van der Waals surface area contributed by atoms with Crippen LogP contribution in [0.4, 0.5) is 9.80 Å². The van der Waals surface area contributed by atoms with E-state index in [1.807, 2.05) is 25.1 Å². The number of nitrogens with one attached hydrogen (secondary N) is 3. The second-order valence-corrected chi connectivity index (χ2v) is 9.07. The van der Waals surface area contributed by atoms with Gasteiger partial charge in [0.25, 0.3) is 0 Å². The molecule has 0 aliphatic heterocycles. The number of fused-ring (bicyclic) bond motifs is 1. The lowest BCUT2D eigenvalue weighted by molar-refractivity contribution is -0.116. The van der Waals surface area contributed by atoms with Crippen molar-refractivity contribution in [1.29, 1.82) is 0 Å². The molecule has 0 bridgehead atoms. The maximum absolute atomic E-state index is 12.7. The first kappa shape index (κ1) is 22.6. The van der Waals surface area contributed by atoms with Gasteiger partial charge in [-0.05, 0) is 36.6 Å². The number of amides is 2. The maximum Gasteiger partial charge on any atom is 0.407 e. The Kier molecular flexibility index (Phi) is 7.05. The summed E-state index contributed by atoms with van der Waals surface area (Å²) in [7, 11) is 0. The number of ether oxygens (including phenoxy) is 1. The lowest BCUT2D eigenvalue weighted by Gasteiger charge is -2.22. The highest BCUT2D eigenvalue weighted by Crippen LogP contribution is 2.38. The number of anilines is 1. The lowest BCUT2D eigenvalue weighted by Crippen LogP contribution is -2.31. The minimum absolute atomic E-state index is 0.00637. The van der Waals surface area contributed by atoms with Crippen LogP contribution in [-0.4, -0.2) is 33.3 Å². The molecule has 8 nitrogen and oxygen atoms in total. The molecule has 33 heavy (non-hydrogen) atoms. The second-order valence-electron chi connectivity index (χ2n) is 7.97. The van der Waals surface area contributed by atoms with Gasteiger partial charge in [0.05, 0.1) is 17.8 Å². The van der Waals surface area contributed by atoms with Gasteiger partial charge in [-0.25, -0.2) is 4.79 Å². The molecule has 170 valence electrons. The number of nitrogens with zero attached hydrogens (tertiary/aromatic N) is 2. The standard InChI is InChI=1S/C24H25N5O3S/c1-3-18-19-8-7-17(32-24(31)26-14-16-9-11-27-29-16)13-21(19)33-23(18)28-22(30)12-15(2)20-6-4-5-10-25-20/h1,4-6,9-11,15,17H,7-8,12-14H2,2H3,(H,26,31)(H,27,29)(H,28,30). The van der Waals surface area contributed by atoms with Gasteiger partial charge in [0, 0.05) is 41.7 Å². The SMILES string of the molecule is C#Cc1c(NC(=O)CC(C)c2ccccn2)sc2c1CCC(OC(=O)NCc1ccn[nH]1)C2. The number of pyridine rings is 1. The van der Waals surface area contributed by atoms with Crippen LogP contribution in [0.25, 0.3) is 0 Å². The topological polar surface area (TPSA) is 109 Å². The number of H-pyrrole nitrogens is 1. The fourth-order valence-corrected chi connectivity index (χ4v) is 5.16. The molecule has 0 saturated heterocycles. The molecule has 1 aliphatic rings. The number of aromatic amines is 1. The van der Waals surface area contributed by atoms with Crippen LogP contribution in [0.2, 0.25) is 0 Å². The molecule has 0 fully saturated rings. The van der Waals surface area contributed by atoms with Crippen LogP contribution in [0.1, 0.15) is 53.1 Å². The molecule has 0 radical (unpaired) electrons. The smallest absolute Gasteiger partial charge is 0.407 e. The molecule has 9 heteroatoms. The van der Waals surface area contributed by atoms with Crippen molar-refractivity contribution in [3.8, 4) is 12.3 Å². The van der Waals surface area contributed by atoms with E-state index < -0.39 is 6.09 Å². The second kappa shape index (κ2) is 10.3. The molecule has 2 amide bonds. The zero-order chi connectivity index (χ0) is 23.2. The average molecular weight is 464 g/mol. The van der Waals surface area contributed by atoms with Crippen molar-refractivity contribution in [2.45, 2.75) is 51.2 Å². The van der Waals surface area contributed by atoms with Crippen LogP contribution < -0.4 is 10.6 Å². The number of carbonyl (C=O) groups excluding carboxylic acids is 2. The van der Waals surface area contributed by atoms with Gasteiger partial charge in [0.15, 0.2) is 0 Å². The Morgan fingerprint density at radius 3 is 2.97 bits per heavy atom. The highest BCUT2D eigenvalue weighted by atomic mass is 32.1. The van der Waals surface area contributed by atoms with E-state index >= 15 is 0 Å². The number of thiophene rings is 1. The van der Waals surface area contributed by atoms with Gasteiger partial charge < -0.3 is 15.4 Å². The molecule has 2 atom stereocenters. The van der Waals surface area contributed by atoms with E-state index in [0.29, 0.717) is 37.2 Å². The van der Waals surface area contributed by atoms with Crippen LogP contribution >= 0.6 is 11.3 Å². The van der Waals surface area contributed by atoms with Crippen molar-refractivity contribution >= 4 is 28.3 Å². The largest absolute Gasteiger partial charge is 0.446 e. The predicted octanol–water partition coefficient (Wildman–Crippen LogP) is 3.76. The van der Waals surface area contributed by atoms with Gasteiger partial charge in [-0.2, -0.15) is 5.10 Å². The summed E-state index contributed by atoms with van der Waals surface area (Å²) in [6.45, 7) is 2.30. The van der Waals surface area contributed by atoms with Gasteiger partial charge in [0.2, 0.25) is 5.91 Å². The van der Waals surface area contributed by atoms with Crippen LogP contribution in [0.3, 0.4) is 0 Å². The van der Waals surface area contributed by atoms with Gasteiger partial charge in [0.1, 0.15) is 11.1 Å². The third kappa shape index (κ3) is 5.59. The summed E-state index contributed by atoms with van der Waals surface area (Å²) in [5.74, 6) is 2.63. The molecular formula is C24H25N5O3S. The van der Waals surface area contributed by atoms with Crippen molar-refractivity contribution in [1.82, 2.24) is 20.5 Å². The Labute approximate surface area is 196 Å². The van der Waals surface area contributed by atoms with Crippen LogP contribution in [0, 0.1) is 12.3 Å². The summed E-state index contributed by atoms with van der Waals surface area (Å²) in [5, 5.41) is 13.0. The molecule has 3 heterocycles. The molecule has 0 spiro atoms. The highest BCUT2D eigenvalue weighted by molar-refractivity contribution is 7.16. The maximum atomic E-state index is 12.7. The zero-order valence-corrected chi connectivity index (χ0v) is 19.1. The summed E-state index contributed by atoms with van der Waals surface area (Å²) in [6, 6.07) is 7.47. The Hall–Kier alpha value is -3.64. The lowest BCUT2D eigenvalue weighted by atomic mass is 9.93. The molecule has 4 rings (SSSR count). The Balaban J connectivity index is 1.35. The summed E-state index contributed by atoms with van der Waals surface area (Å²) < 4.78 is 5.59. The Morgan fingerprint density at radius 2 is 2.24 bits per heavy atom. The highest BCUT2D eigenvalue weighted by Gasteiger charge is 2.28. The van der Waals surface area contributed by atoms with Crippen molar-refractivity contribution in [2.24, 2.45) is 0 Å². The van der Waals surface area contributed by atoms with E-state index in [2.05, 4.69) is 31.7 Å². The van der Waals surface area contributed by atoms with Gasteiger partial charge in [-0.1, -0.05) is 18.9 Å². The van der Waals surface area contributed by atoms with Gasteiger partial charge in [-0.3, -0.25) is 14.9 Å². The van der Waals surface area contributed by atoms with E-state index in [9.17, 15) is 9.59 Å². The van der Waals surface area contributed by atoms with Crippen LogP contribution in [0.15, 0.2) is 36.7 Å². The van der Waals surface area contributed by atoms with Gasteiger partial charge >= 0.3 is 6.09 Å². The normalized spacial score (nSPS) is 15.7. The van der Waals surface area contributed by atoms with Crippen molar-refractivity contribution in [2.75, 3.05) is 5.32 Å². The number of rotatable bonds is 7. The van der Waals surface area contributed by atoms with E-state index in [1.165, 1.54) is 11.3 Å². The summed E-state index contributed by atoms with van der Waals surface area (Å²) in [6.07, 6.45) is 10.7. The first-order valence-electron chi connectivity index (χ1n) is 10.8. The first-order chi connectivity index (χ1) is 16.0. The molecule has 2 unspecified atom stereocenters. The molecule has 0 saturated carbocycles. The van der Waals surface area contributed by atoms with E-state index in [-0.39, 0.29) is 17.9 Å². The molecule has 0 aromatic carbocycles.